The average Bonchev–Trinajstić information content (AvgIpc) is 1.54. The second kappa shape index (κ2) is 29.0. The van der Waals surface area contributed by atoms with Crippen molar-refractivity contribution in [3.05, 3.63) is 437 Å². The number of rotatable bonds is 8. The second-order valence-electron chi connectivity index (χ2n) is 35.4. The van der Waals surface area contributed by atoms with E-state index in [1.54, 1.807) is 0 Å². The third kappa shape index (κ3) is 11.1. The topological polar surface area (TPSA) is 73.7 Å². The van der Waals surface area contributed by atoms with Crippen LogP contribution < -0.4 is 9.97 Å². The Labute approximate surface area is 776 Å². The van der Waals surface area contributed by atoms with Crippen LogP contribution in [0.3, 0.4) is 0 Å². The first-order valence-electron chi connectivity index (χ1n) is 45.3. The molecule has 20 aromatic carbocycles. The van der Waals surface area contributed by atoms with Gasteiger partial charge in [0.05, 0.1) is 66.9 Å². The maximum Gasteiger partial charge on any atom is 2.00 e. The first-order chi connectivity index (χ1) is 65.5. The Morgan fingerprint density at radius 2 is 0.346 bits per heavy atom. The first kappa shape index (κ1) is 75.0. The van der Waals surface area contributed by atoms with Gasteiger partial charge in [0.1, 0.15) is 0 Å². The van der Waals surface area contributed by atoms with Crippen molar-refractivity contribution in [2.75, 3.05) is 0 Å². The maximum atomic E-state index is 6.68. The van der Waals surface area contributed by atoms with Crippen LogP contribution in [0, 0.1) is 0 Å². The van der Waals surface area contributed by atoms with Crippen molar-refractivity contribution in [3.8, 4) is 112 Å². The minimum absolute atomic E-state index is 0. The van der Waals surface area contributed by atoms with Gasteiger partial charge in [0.2, 0.25) is 0 Å². The van der Waals surface area contributed by atoms with Crippen LogP contribution in [0.15, 0.2) is 437 Å². The van der Waals surface area contributed by atoms with E-state index >= 15 is 0 Å². The van der Waals surface area contributed by atoms with Crippen LogP contribution in [0.1, 0.15) is 0 Å². The minimum Gasteiger partial charge on any atom is -0.656 e. The smallest absolute Gasteiger partial charge is 0.656 e. The van der Waals surface area contributed by atoms with E-state index in [0.717, 1.165) is 286 Å². The van der Waals surface area contributed by atoms with E-state index < -0.39 is 0 Å². The van der Waals surface area contributed by atoms with Crippen LogP contribution in [0.2, 0.25) is 0 Å². The van der Waals surface area contributed by atoms with Gasteiger partial charge >= 0.3 is 21.1 Å². The van der Waals surface area contributed by atoms with Crippen LogP contribution in [0.4, 0.5) is 0 Å². The van der Waals surface area contributed by atoms with Crippen molar-refractivity contribution in [2.24, 2.45) is 0 Å². The molecular weight excluding hydrogens is 1800 g/mol. The van der Waals surface area contributed by atoms with E-state index in [2.05, 4.69) is 455 Å². The van der Waals surface area contributed by atoms with E-state index in [-0.39, 0.29) is 21.1 Å². The Morgan fingerprint density at radius 1 is 0.158 bits per heavy atom. The van der Waals surface area contributed by atoms with Crippen molar-refractivity contribution in [1.29, 1.82) is 0 Å². The van der Waals surface area contributed by atoms with Crippen molar-refractivity contribution in [3.63, 3.8) is 0 Å². The molecule has 618 valence electrons. The molecule has 0 N–H and O–H groups in total. The largest absolute Gasteiger partial charge is 2.00 e. The summed E-state index contributed by atoms with van der Waals surface area (Å²) in [4.78, 5) is 26.7. The Balaban J connectivity index is 0.00000883. The van der Waals surface area contributed by atoms with E-state index in [4.69, 9.17) is 19.9 Å². The molecule has 0 spiro atoms. The summed E-state index contributed by atoms with van der Waals surface area (Å²) in [6.45, 7) is 0. The van der Waals surface area contributed by atoms with Gasteiger partial charge in [-0.1, -0.05) is 267 Å². The molecule has 26 aromatic rings. The predicted octanol–water partition coefficient (Wildman–Crippen LogP) is 32.2. The van der Waals surface area contributed by atoms with Gasteiger partial charge in [-0.2, -0.15) is 0 Å². The Morgan fingerprint density at radius 3 is 0.571 bits per heavy atom. The van der Waals surface area contributed by atoms with Crippen LogP contribution in [-0.2, 0) is 21.1 Å². The summed E-state index contributed by atoms with van der Waals surface area (Å²) >= 11 is 0. The van der Waals surface area contributed by atoms with Gasteiger partial charge in [0, 0.05) is 88.1 Å². The quantitative estimate of drug-likeness (QED) is 0.152. The molecular formula is C124H72N8Pt. The number of fused-ring (bicyclic) bond motifs is 16. The van der Waals surface area contributed by atoms with Gasteiger partial charge in [-0.25, -0.2) is 9.97 Å². The number of benzene rings is 20. The zero-order valence-corrected chi connectivity index (χ0v) is 73.7. The molecule has 0 saturated heterocycles. The Hall–Kier alpha value is -17.0. The molecule has 9 heteroatoms. The molecule has 8 heterocycles. The fourth-order valence-electron chi connectivity index (χ4n) is 22.5. The van der Waals surface area contributed by atoms with Gasteiger partial charge in [-0.05, 0) is 279 Å². The molecule has 1 aliphatic carbocycles. The molecule has 8 bridgehead atoms. The van der Waals surface area contributed by atoms with Crippen LogP contribution >= 0.6 is 0 Å². The second-order valence-corrected chi connectivity index (χ2v) is 35.4. The first-order valence-corrected chi connectivity index (χ1v) is 45.3. The van der Waals surface area contributed by atoms with Gasteiger partial charge in [0.15, 0.2) is 0 Å². The molecule has 133 heavy (non-hydrogen) atoms. The van der Waals surface area contributed by atoms with E-state index in [9.17, 15) is 0 Å². The van der Waals surface area contributed by atoms with Crippen LogP contribution in [0.5, 0.6) is 0 Å². The monoisotopic (exact) mass is 1870 g/mol. The zero-order valence-electron chi connectivity index (χ0n) is 71.5. The van der Waals surface area contributed by atoms with Gasteiger partial charge in [-0.3, -0.25) is 0 Å². The molecule has 2 aliphatic heterocycles. The molecule has 29 rings (SSSR count). The SMILES string of the molecule is [Pt+2].c1ccc(-n2c3ccccc3c3cc(-c4c5nc(c(-c6ccc7c(c6)c6ccccc6n7-c6ccccc6)c6[n-]c(c(-c7ccc8c(c7)c7ccccc7n8-c7ccccc7)c7nc(c(-c8ccc9c(c8)c8ccccc8n9-c8ccccc8)c8[n-]c4c4cc9ccccc9cc84)-c4cc8ccccc8cc4-7)c4cc7ccccc7cc64)-c4cc6ccccc6cc4-5)ccc32)cc1. The number of para-hydroxylation sites is 8. The van der Waals surface area contributed by atoms with Gasteiger partial charge < -0.3 is 28.2 Å². The van der Waals surface area contributed by atoms with E-state index in [1.165, 1.54) is 0 Å². The normalized spacial score (nSPS) is 12.2. The summed E-state index contributed by atoms with van der Waals surface area (Å²) in [5.41, 5.74) is 30.8. The minimum atomic E-state index is 0. The standard InChI is InChI=1S/C124H72N8.Pt/c1-5-37-85(38-6-1)129-105-49-25-21-45-89(105)93-69-81(53-57-109(93)129)113-117-97-61-73-29-13-15-31-75(73)63-99(97)119(125-117)114(82-54-58-110-94(70-82)90-46-22-26-50-106(90)130(110)86-39-7-2-8-40-86)121-101-65-77-33-17-19-35-79(77)67-103(101)123(127-121)116(84-56-60-112-96(72-84)92-48-24-28-52-108(92)132(112)88-43-11-4-12-44-88)124-104-68-80-36-20-18-34-78(80)66-102(104)122(128-124)115(120-100-64-76-32-16-14-30-74(76)62-98(100)118(113)126-120)83-55-59-111-95(71-83)91-47-23-27-51-107(91)131(111)87-41-9-3-10-42-87;/h1-72H;/q-2;+2. The number of hydrogen-bond donors (Lipinski definition) is 0. The summed E-state index contributed by atoms with van der Waals surface area (Å²) in [6.07, 6.45) is 0. The molecule has 0 radical (unpaired) electrons. The molecule has 6 aromatic heterocycles. The number of aromatic nitrogens is 8. The molecule has 3 aliphatic rings. The molecule has 0 unspecified atom stereocenters. The van der Waals surface area contributed by atoms with E-state index in [1.807, 2.05) is 0 Å². The summed E-state index contributed by atoms with van der Waals surface area (Å²) in [5.74, 6) is 0. The summed E-state index contributed by atoms with van der Waals surface area (Å²) in [5, 5.41) is 21.6. The molecule has 8 nitrogen and oxygen atoms in total. The van der Waals surface area contributed by atoms with Crippen molar-refractivity contribution >= 4 is 174 Å². The van der Waals surface area contributed by atoms with Crippen LogP contribution in [-0.4, -0.2) is 28.2 Å². The number of nitrogens with zero attached hydrogens (tertiary/aromatic N) is 8. The maximum absolute atomic E-state index is 6.68. The van der Waals surface area contributed by atoms with Crippen LogP contribution in [0.25, 0.3) is 286 Å². The fourth-order valence-corrected chi connectivity index (χ4v) is 22.5. The molecule has 0 amide bonds. The van der Waals surface area contributed by atoms with Crippen molar-refractivity contribution in [1.82, 2.24) is 38.2 Å². The fraction of sp³-hybridized carbons (Fsp3) is 0. The predicted molar refractivity (Wildman–Crippen MR) is 552 cm³/mol. The average molecular weight is 1870 g/mol. The number of hydrogen-bond acceptors (Lipinski definition) is 2. The zero-order chi connectivity index (χ0) is 86.1. The van der Waals surface area contributed by atoms with Gasteiger partial charge in [-0.15, -0.1) is 22.1 Å². The molecule has 0 atom stereocenters. The Bertz CT molecular complexity index is 8800. The molecule has 0 fully saturated rings. The van der Waals surface area contributed by atoms with Crippen molar-refractivity contribution in [2.45, 2.75) is 0 Å². The van der Waals surface area contributed by atoms with Crippen molar-refractivity contribution < 1.29 is 21.1 Å². The third-order valence-electron chi connectivity index (χ3n) is 28.3. The molecule has 0 saturated carbocycles. The van der Waals surface area contributed by atoms with Gasteiger partial charge in [0.25, 0.3) is 0 Å². The Kier molecular flexibility index (Phi) is 16.3. The summed E-state index contributed by atoms with van der Waals surface area (Å²) in [7, 11) is 0. The van der Waals surface area contributed by atoms with E-state index in [0.29, 0.717) is 0 Å². The third-order valence-corrected chi connectivity index (χ3v) is 28.3. The summed E-state index contributed by atoms with van der Waals surface area (Å²) in [6, 6.07) is 162. The summed E-state index contributed by atoms with van der Waals surface area (Å²) < 4.78 is 9.66.